The van der Waals surface area contributed by atoms with Crippen LogP contribution in [0.2, 0.25) is 5.02 Å². The number of rotatable bonds is 1. The molecule has 0 atom stereocenters. The second-order valence-corrected chi connectivity index (χ2v) is 5.12. The van der Waals surface area contributed by atoms with Gasteiger partial charge in [0.15, 0.2) is 0 Å². The molecule has 0 radical (unpaired) electrons. The maximum absolute atomic E-state index is 12.9. The minimum absolute atomic E-state index is 0.188. The van der Waals surface area contributed by atoms with Crippen LogP contribution in [0.4, 0.5) is 18.9 Å². The third-order valence-electron chi connectivity index (χ3n) is 3.39. The summed E-state index contributed by atoms with van der Waals surface area (Å²) in [4.78, 5) is 13.6. The Hall–Kier alpha value is -2.01. The van der Waals surface area contributed by atoms with Gasteiger partial charge in [-0.15, -0.1) is 0 Å². The Morgan fingerprint density at radius 3 is 2.48 bits per heavy atom. The molecule has 2 aromatic rings. The Balaban J connectivity index is 2.02. The average Bonchev–Trinajstić information content (AvgIpc) is 2.76. The van der Waals surface area contributed by atoms with Gasteiger partial charge in [0.05, 0.1) is 17.1 Å². The normalized spacial score (nSPS) is 14.5. The number of nitrogens with zero attached hydrogens (tertiary/aromatic N) is 1. The summed E-state index contributed by atoms with van der Waals surface area (Å²) in [6.45, 7) is 0.258. The number of alkyl halides is 3. The van der Waals surface area contributed by atoms with Crippen LogP contribution < -0.4 is 4.90 Å². The van der Waals surface area contributed by atoms with Gasteiger partial charge in [0, 0.05) is 11.3 Å². The molecule has 0 unspecified atom stereocenters. The van der Waals surface area contributed by atoms with Gasteiger partial charge in [-0.2, -0.15) is 13.2 Å². The van der Waals surface area contributed by atoms with Crippen LogP contribution in [0.5, 0.6) is 0 Å². The quantitative estimate of drug-likeness (QED) is 0.758. The average molecular weight is 312 g/mol. The summed E-state index contributed by atoms with van der Waals surface area (Å²) in [7, 11) is 0. The second-order valence-electron chi connectivity index (χ2n) is 4.71. The van der Waals surface area contributed by atoms with Gasteiger partial charge < -0.3 is 4.90 Å². The molecule has 3 rings (SSSR count). The number of amides is 1. The van der Waals surface area contributed by atoms with E-state index in [0.29, 0.717) is 5.56 Å². The number of benzene rings is 2. The minimum Gasteiger partial charge on any atom is -0.304 e. The zero-order valence-corrected chi connectivity index (χ0v) is 11.4. The van der Waals surface area contributed by atoms with Crippen LogP contribution in [0.3, 0.4) is 0 Å². The van der Waals surface area contributed by atoms with Crippen LogP contribution in [-0.2, 0) is 12.7 Å². The first-order valence-corrected chi connectivity index (χ1v) is 6.52. The first-order chi connectivity index (χ1) is 9.88. The van der Waals surface area contributed by atoms with Crippen LogP contribution in [0.25, 0.3) is 0 Å². The Morgan fingerprint density at radius 2 is 1.81 bits per heavy atom. The van der Waals surface area contributed by atoms with Crippen LogP contribution in [0, 0.1) is 0 Å². The molecule has 0 aromatic heterocycles. The van der Waals surface area contributed by atoms with Crippen molar-refractivity contribution in [1.82, 2.24) is 0 Å². The largest absolute Gasteiger partial charge is 0.417 e. The van der Waals surface area contributed by atoms with E-state index >= 15 is 0 Å². The molecule has 0 bridgehead atoms. The van der Waals surface area contributed by atoms with Crippen molar-refractivity contribution in [3.8, 4) is 0 Å². The van der Waals surface area contributed by atoms with Gasteiger partial charge in [-0.3, -0.25) is 4.79 Å². The van der Waals surface area contributed by atoms with Crippen molar-refractivity contribution in [2.45, 2.75) is 12.7 Å². The number of carbonyl (C=O) groups is 1. The standard InChI is InChI=1S/C15H9ClF3NO/c16-13-6-5-10(7-12(13)15(17,18)19)20-8-9-3-1-2-4-11(9)14(20)21/h1-7H,8H2. The molecule has 0 aliphatic carbocycles. The summed E-state index contributed by atoms with van der Waals surface area (Å²) >= 11 is 5.59. The molecular weight excluding hydrogens is 303 g/mol. The van der Waals surface area contributed by atoms with E-state index in [1.54, 1.807) is 24.3 Å². The van der Waals surface area contributed by atoms with E-state index in [0.717, 1.165) is 17.7 Å². The third kappa shape index (κ3) is 2.38. The maximum atomic E-state index is 12.9. The molecule has 6 heteroatoms. The molecule has 2 nitrogen and oxygen atoms in total. The summed E-state index contributed by atoms with van der Waals surface area (Å²) in [5.41, 5.74) is 0.561. The predicted molar refractivity (Wildman–Crippen MR) is 73.4 cm³/mol. The fourth-order valence-electron chi connectivity index (χ4n) is 2.36. The molecule has 1 amide bonds. The SMILES string of the molecule is O=C1c2ccccc2CN1c1ccc(Cl)c(C(F)(F)F)c1. The van der Waals surface area contributed by atoms with Crippen LogP contribution >= 0.6 is 11.6 Å². The molecule has 1 aliphatic heterocycles. The van der Waals surface area contributed by atoms with E-state index in [-0.39, 0.29) is 23.2 Å². The molecule has 0 saturated carbocycles. The third-order valence-corrected chi connectivity index (χ3v) is 3.72. The number of halogens is 4. The van der Waals surface area contributed by atoms with Crippen LogP contribution in [0.1, 0.15) is 21.5 Å². The lowest BCUT2D eigenvalue weighted by atomic mass is 10.1. The molecule has 21 heavy (non-hydrogen) atoms. The summed E-state index contributed by atoms with van der Waals surface area (Å²) in [6.07, 6.45) is -4.55. The monoisotopic (exact) mass is 311 g/mol. The Morgan fingerprint density at radius 1 is 1.10 bits per heavy atom. The first-order valence-electron chi connectivity index (χ1n) is 6.14. The smallest absolute Gasteiger partial charge is 0.304 e. The number of carbonyl (C=O) groups excluding carboxylic acids is 1. The Bertz CT molecular complexity index is 727. The van der Waals surface area contributed by atoms with Gasteiger partial charge in [-0.1, -0.05) is 29.8 Å². The molecule has 108 valence electrons. The molecule has 1 heterocycles. The van der Waals surface area contributed by atoms with Gasteiger partial charge in [-0.05, 0) is 29.8 Å². The number of hydrogen-bond donors (Lipinski definition) is 0. The Labute approximate surface area is 123 Å². The fraction of sp³-hybridized carbons (Fsp3) is 0.133. The van der Waals surface area contributed by atoms with Crippen molar-refractivity contribution in [3.05, 3.63) is 64.2 Å². The summed E-state index contributed by atoms with van der Waals surface area (Å²) in [5.74, 6) is -0.305. The van der Waals surface area contributed by atoms with Gasteiger partial charge in [0.1, 0.15) is 0 Å². The lowest BCUT2D eigenvalue weighted by Gasteiger charge is -2.18. The highest BCUT2D eigenvalue weighted by Crippen LogP contribution is 2.38. The van der Waals surface area contributed by atoms with Crippen molar-refractivity contribution in [3.63, 3.8) is 0 Å². The van der Waals surface area contributed by atoms with Crippen molar-refractivity contribution < 1.29 is 18.0 Å². The highest BCUT2D eigenvalue weighted by molar-refractivity contribution is 6.31. The molecule has 0 saturated heterocycles. The first kappa shape index (κ1) is 13.9. The predicted octanol–water partition coefficient (Wildman–Crippen LogP) is 4.52. The van der Waals surface area contributed by atoms with Crippen molar-refractivity contribution in [1.29, 1.82) is 0 Å². The number of fused-ring (bicyclic) bond motifs is 1. The summed E-state index contributed by atoms with van der Waals surface area (Å²) in [5, 5.41) is -0.379. The minimum atomic E-state index is -4.55. The van der Waals surface area contributed by atoms with Crippen molar-refractivity contribution >= 4 is 23.2 Å². The summed E-state index contributed by atoms with van der Waals surface area (Å²) in [6, 6.07) is 10.5. The molecule has 0 N–H and O–H groups in total. The van der Waals surface area contributed by atoms with E-state index in [2.05, 4.69) is 0 Å². The maximum Gasteiger partial charge on any atom is 0.417 e. The molecular formula is C15H9ClF3NO. The lowest BCUT2D eigenvalue weighted by Crippen LogP contribution is -2.23. The number of anilines is 1. The zero-order chi connectivity index (χ0) is 15.2. The zero-order valence-electron chi connectivity index (χ0n) is 10.6. The summed E-state index contributed by atoms with van der Waals surface area (Å²) < 4.78 is 38.7. The van der Waals surface area contributed by atoms with E-state index < -0.39 is 11.7 Å². The second kappa shape index (κ2) is 4.77. The van der Waals surface area contributed by atoms with E-state index in [1.165, 1.54) is 11.0 Å². The molecule has 0 spiro atoms. The number of hydrogen-bond acceptors (Lipinski definition) is 1. The van der Waals surface area contributed by atoms with E-state index in [1.807, 2.05) is 0 Å². The highest BCUT2D eigenvalue weighted by atomic mass is 35.5. The van der Waals surface area contributed by atoms with Crippen molar-refractivity contribution in [2.24, 2.45) is 0 Å². The van der Waals surface area contributed by atoms with Gasteiger partial charge in [0.2, 0.25) is 0 Å². The highest BCUT2D eigenvalue weighted by Gasteiger charge is 2.35. The van der Waals surface area contributed by atoms with E-state index in [9.17, 15) is 18.0 Å². The Kier molecular flexibility index (Phi) is 3.17. The fourth-order valence-corrected chi connectivity index (χ4v) is 2.59. The van der Waals surface area contributed by atoms with E-state index in [4.69, 9.17) is 11.6 Å². The van der Waals surface area contributed by atoms with Gasteiger partial charge >= 0.3 is 6.18 Å². The van der Waals surface area contributed by atoms with Crippen LogP contribution in [0.15, 0.2) is 42.5 Å². The molecule has 1 aliphatic rings. The lowest BCUT2D eigenvalue weighted by molar-refractivity contribution is -0.137. The topological polar surface area (TPSA) is 20.3 Å². The molecule has 2 aromatic carbocycles. The molecule has 0 fully saturated rings. The van der Waals surface area contributed by atoms with Crippen molar-refractivity contribution in [2.75, 3.05) is 4.90 Å². The van der Waals surface area contributed by atoms with Gasteiger partial charge in [0.25, 0.3) is 5.91 Å². The van der Waals surface area contributed by atoms with Gasteiger partial charge in [-0.25, -0.2) is 0 Å². The van der Waals surface area contributed by atoms with Crippen LogP contribution in [-0.4, -0.2) is 5.91 Å².